The summed E-state index contributed by atoms with van der Waals surface area (Å²) in [7, 11) is 0.152. The van der Waals surface area contributed by atoms with Crippen molar-refractivity contribution in [2.24, 2.45) is 0 Å². The van der Waals surface area contributed by atoms with Gasteiger partial charge in [0.1, 0.15) is 0 Å². The maximum Gasteiger partial charge on any atom is 0.251 e. The monoisotopic (exact) mass is 435 g/mol. The summed E-state index contributed by atoms with van der Waals surface area (Å²) < 4.78 is 25.0. The number of nitrogens with one attached hydrogen (secondary N) is 1. The number of hydrogen-bond acceptors (Lipinski definition) is 5. The Kier molecular flexibility index (Phi) is 6.26. The lowest BCUT2D eigenvalue weighted by atomic mass is 10.1. The van der Waals surface area contributed by atoms with Crippen LogP contribution in [-0.4, -0.2) is 51.5 Å². The molecular weight excluding hydrogens is 414 g/mol. The SMILES string of the molecule is CN(C)C(CNC(=O)c1cccc(N2C(=O)CCS2(=O)=O)c1)c1ccc(Cl)cc1. The number of likely N-dealkylation sites (N-methyl/N-ethyl adjacent to an activating group) is 1. The molecule has 29 heavy (non-hydrogen) atoms. The largest absolute Gasteiger partial charge is 0.350 e. The van der Waals surface area contributed by atoms with Gasteiger partial charge in [0.15, 0.2) is 0 Å². The number of rotatable bonds is 6. The molecule has 0 aliphatic carbocycles. The fourth-order valence-electron chi connectivity index (χ4n) is 3.22. The molecule has 2 amide bonds. The highest BCUT2D eigenvalue weighted by molar-refractivity contribution is 7.94. The summed E-state index contributed by atoms with van der Waals surface area (Å²) in [6.45, 7) is 0.346. The van der Waals surface area contributed by atoms with E-state index in [1.54, 1.807) is 24.3 Å². The normalized spacial score (nSPS) is 16.8. The minimum atomic E-state index is -3.67. The van der Waals surface area contributed by atoms with E-state index >= 15 is 0 Å². The number of sulfonamides is 1. The van der Waals surface area contributed by atoms with Crippen LogP contribution in [-0.2, 0) is 14.8 Å². The summed E-state index contributed by atoms with van der Waals surface area (Å²) >= 11 is 5.95. The predicted octanol–water partition coefficient (Wildman–Crippen LogP) is 2.44. The van der Waals surface area contributed by atoms with E-state index in [1.807, 2.05) is 31.1 Å². The number of carbonyl (C=O) groups is 2. The van der Waals surface area contributed by atoms with E-state index in [4.69, 9.17) is 11.6 Å². The summed E-state index contributed by atoms with van der Waals surface area (Å²) in [5.41, 5.74) is 1.47. The Morgan fingerprint density at radius 3 is 2.48 bits per heavy atom. The van der Waals surface area contributed by atoms with Crippen LogP contribution < -0.4 is 9.62 Å². The lowest BCUT2D eigenvalue weighted by Gasteiger charge is -2.25. The van der Waals surface area contributed by atoms with Crippen LogP contribution in [0.5, 0.6) is 0 Å². The van der Waals surface area contributed by atoms with Gasteiger partial charge in [-0.2, -0.15) is 0 Å². The van der Waals surface area contributed by atoms with Gasteiger partial charge in [0, 0.05) is 23.6 Å². The molecular formula is C20H22ClN3O4S. The standard InChI is InChI=1S/C20H22ClN3O4S/c1-23(2)18(14-6-8-16(21)9-7-14)13-22-20(26)15-4-3-5-17(12-15)24-19(25)10-11-29(24,27)28/h3-9,12,18H,10-11,13H2,1-2H3,(H,22,26). The fraction of sp³-hybridized carbons (Fsp3) is 0.300. The van der Waals surface area contributed by atoms with Crippen molar-refractivity contribution in [3.8, 4) is 0 Å². The molecule has 1 saturated heterocycles. The summed E-state index contributed by atoms with van der Waals surface area (Å²) in [5.74, 6) is -1.05. The average Bonchev–Trinajstić information content (AvgIpc) is 2.95. The van der Waals surface area contributed by atoms with Gasteiger partial charge in [-0.3, -0.25) is 9.59 Å². The second-order valence-corrected chi connectivity index (χ2v) is 9.39. The van der Waals surface area contributed by atoms with Crippen LogP contribution in [0.2, 0.25) is 5.02 Å². The Morgan fingerprint density at radius 2 is 1.90 bits per heavy atom. The molecule has 3 rings (SSSR count). The lowest BCUT2D eigenvalue weighted by molar-refractivity contribution is -0.116. The van der Waals surface area contributed by atoms with E-state index in [0.29, 0.717) is 11.6 Å². The van der Waals surface area contributed by atoms with Gasteiger partial charge < -0.3 is 10.2 Å². The quantitative estimate of drug-likeness (QED) is 0.753. The number of anilines is 1. The third kappa shape index (κ3) is 4.77. The first-order valence-corrected chi connectivity index (χ1v) is 11.0. The number of benzene rings is 2. The Bertz CT molecular complexity index is 1020. The van der Waals surface area contributed by atoms with E-state index in [-0.39, 0.29) is 35.4 Å². The van der Waals surface area contributed by atoms with Crippen LogP contribution in [0.1, 0.15) is 28.4 Å². The minimum absolute atomic E-state index is 0.0512. The Balaban J connectivity index is 1.75. The Labute approximate surface area is 175 Å². The van der Waals surface area contributed by atoms with Crippen molar-refractivity contribution in [2.75, 3.05) is 30.7 Å². The van der Waals surface area contributed by atoms with Crippen molar-refractivity contribution in [2.45, 2.75) is 12.5 Å². The Hall–Kier alpha value is -2.42. The fourth-order valence-corrected chi connectivity index (χ4v) is 4.79. The molecule has 0 spiro atoms. The van der Waals surface area contributed by atoms with Gasteiger partial charge in [-0.25, -0.2) is 12.7 Å². The second-order valence-electron chi connectivity index (χ2n) is 7.02. The summed E-state index contributed by atoms with van der Waals surface area (Å²) in [4.78, 5) is 26.6. The molecule has 7 nitrogen and oxygen atoms in total. The van der Waals surface area contributed by atoms with Gasteiger partial charge in [0.05, 0.1) is 17.5 Å². The van der Waals surface area contributed by atoms with E-state index in [0.717, 1.165) is 9.87 Å². The van der Waals surface area contributed by atoms with Crippen LogP contribution in [0.15, 0.2) is 48.5 Å². The third-order valence-electron chi connectivity index (χ3n) is 4.76. The van der Waals surface area contributed by atoms with Crippen LogP contribution in [0.25, 0.3) is 0 Å². The molecule has 0 saturated carbocycles. The highest BCUT2D eigenvalue weighted by Gasteiger charge is 2.36. The van der Waals surface area contributed by atoms with Gasteiger partial charge >= 0.3 is 0 Å². The Morgan fingerprint density at radius 1 is 1.21 bits per heavy atom. The van der Waals surface area contributed by atoms with Gasteiger partial charge in [-0.05, 0) is 50.0 Å². The zero-order valence-corrected chi connectivity index (χ0v) is 17.7. The molecule has 1 fully saturated rings. The van der Waals surface area contributed by atoms with Gasteiger partial charge in [0.25, 0.3) is 5.91 Å². The third-order valence-corrected chi connectivity index (χ3v) is 6.70. The highest BCUT2D eigenvalue weighted by Crippen LogP contribution is 2.26. The molecule has 1 heterocycles. The van der Waals surface area contributed by atoms with Crippen molar-refractivity contribution < 1.29 is 18.0 Å². The average molecular weight is 436 g/mol. The maximum atomic E-state index is 12.7. The summed E-state index contributed by atoms with van der Waals surface area (Å²) in [5, 5.41) is 3.51. The molecule has 1 unspecified atom stereocenters. The van der Waals surface area contributed by atoms with Crippen molar-refractivity contribution in [1.29, 1.82) is 0 Å². The van der Waals surface area contributed by atoms with Gasteiger partial charge in [-0.1, -0.05) is 29.8 Å². The van der Waals surface area contributed by atoms with Crippen LogP contribution >= 0.6 is 11.6 Å². The molecule has 154 valence electrons. The first kappa shape index (κ1) is 21.3. The van der Waals surface area contributed by atoms with E-state index < -0.39 is 15.9 Å². The lowest BCUT2D eigenvalue weighted by Crippen LogP contribution is -2.34. The van der Waals surface area contributed by atoms with Crippen LogP contribution in [0, 0.1) is 0 Å². The maximum absolute atomic E-state index is 12.7. The molecule has 1 aliphatic rings. The molecule has 0 bridgehead atoms. The minimum Gasteiger partial charge on any atom is -0.350 e. The van der Waals surface area contributed by atoms with Gasteiger partial charge in [-0.15, -0.1) is 0 Å². The van der Waals surface area contributed by atoms with Crippen molar-refractivity contribution in [3.05, 3.63) is 64.7 Å². The van der Waals surface area contributed by atoms with Gasteiger partial charge in [0.2, 0.25) is 15.9 Å². The highest BCUT2D eigenvalue weighted by atomic mass is 35.5. The smallest absolute Gasteiger partial charge is 0.251 e. The number of amides is 2. The van der Waals surface area contributed by atoms with Crippen molar-refractivity contribution in [1.82, 2.24) is 10.2 Å². The zero-order chi connectivity index (χ0) is 21.2. The molecule has 0 radical (unpaired) electrons. The molecule has 2 aromatic carbocycles. The van der Waals surface area contributed by atoms with Crippen molar-refractivity contribution in [3.63, 3.8) is 0 Å². The molecule has 0 aromatic heterocycles. The summed E-state index contributed by atoms with van der Waals surface area (Å²) in [6.07, 6.45) is -0.0512. The van der Waals surface area contributed by atoms with Crippen LogP contribution in [0.4, 0.5) is 5.69 Å². The van der Waals surface area contributed by atoms with E-state index in [9.17, 15) is 18.0 Å². The summed E-state index contributed by atoms with van der Waals surface area (Å²) in [6, 6.07) is 13.4. The van der Waals surface area contributed by atoms with Crippen molar-refractivity contribution >= 4 is 39.1 Å². The number of nitrogens with zero attached hydrogens (tertiary/aromatic N) is 2. The molecule has 2 aromatic rings. The molecule has 1 aliphatic heterocycles. The number of halogens is 1. The molecule has 1 atom stereocenters. The zero-order valence-electron chi connectivity index (χ0n) is 16.1. The van der Waals surface area contributed by atoms with E-state index in [2.05, 4.69) is 5.32 Å². The molecule has 9 heteroatoms. The number of hydrogen-bond donors (Lipinski definition) is 1. The number of carbonyl (C=O) groups excluding carboxylic acids is 2. The first-order valence-electron chi connectivity index (χ1n) is 9.05. The molecule has 1 N–H and O–H groups in total. The first-order chi connectivity index (χ1) is 13.7. The predicted molar refractivity (Wildman–Crippen MR) is 113 cm³/mol. The van der Waals surface area contributed by atoms with Crippen LogP contribution in [0.3, 0.4) is 0 Å². The van der Waals surface area contributed by atoms with E-state index in [1.165, 1.54) is 12.1 Å². The topological polar surface area (TPSA) is 86.8 Å². The second kappa shape index (κ2) is 8.52.